The molecule has 0 aliphatic carbocycles. The van der Waals surface area contributed by atoms with Crippen molar-refractivity contribution < 1.29 is 18.9 Å². The molecule has 0 fully saturated rings. The third-order valence-electron chi connectivity index (χ3n) is 2.61. The fourth-order valence-electron chi connectivity index (χ4n) is 1.80. The van der Waals surface area contributed by atoms with Gasteiger partial charge in [-0.25, -0.2) is 0 Å². The van der Waals surface area contributed by atoms with E-state index in [-0.39, 0.29) is 11.4 Å². The topological polar surface area (TPSA) is 81.8 Å². The van der Waals surface area contributed by atoms with Gasteiger partial charge in [0.1, 0.15) is 0 Å². The van der Waals surface area contributed by atoms with Crippen molar-refractivity contribution in [1.29, 1.82) is 0 Å². The number of nitrogens with zero attached hydrogens (tertiary/aromatic N) is 1. The van der Waals surface area contributed by atoms with Gasteiger partial charge in [-0.05, 0) is 44.1 Å². The van der Waals surface area contributed by atoms with Gasteiger partial charge in [-0.15, -0.1) is 10.9 Å². The number of rotatable bonds is 7. The molecular formula is C13H22NO5PS. The summed E-state index contributed by atoms with van der Waals surface area (Å²) in [7, 11) is 0.634. The second-order valence-corrected chi connectivity index (χ2v) is 9.07. The van der Waals surface area contributed by atoms with Crippen LogP contribution in [0.2, 0.25) is 0 Å². The summed E-state index contributed by atoms with van der Waals surface area (Å²) in [6.45, 7) is 4.39. The fraction of sp³-hybridized carbons (Fsp3) is 0.538. The molecule has 0 aliphatic rings. The molecule has 0 spiro atoms. The van der Waals surface area contributed by atoms with E-state index in [0.717, 1.165) is 12.0 Å². The number of nitro benzene ring substituents is 1. The Bertz CT molecular complexity index is 576. The average Bonchev–Trinajstić information content (AvgIpc) is 2.39. The number of benzene rings is 1. The Labute approximate surface area is 128 Å². The molecule has 1 aromatic rings. The van der Waals surface area contributed by atoms with Crippen molar-refractivity contribution in [3.63, 3.8) is 0 Å². The Morgan fingerprint density at radius 3 is 2.57 bits per heavy atom. The van der Waals surface area contributed by atoms with Crippen LogP contribution >= 0.6 is 6.72 Å². The van der Waals surface area contributed by atoms with Crippen molar-refractivity contribution in [2.24, 2.45) is 0 Å². The lowest BCUT2D eigenvalue weighted by molar-refractivity contribution is -0.385. The molecule has 0 amide bonds. The molecule has 21 heavy (non-hydrogen) atoms. The SMILES string of the molecule is CCC[SH]=P(O)(OCC)Oc1c(C)cc(C)cc1[N+](=O)[O-]. The summed E-state index contributed by atoms with van der Waals surface area (Å²) in [5, 5.41) is 11.2. The van der Waals surface area contributed by atoms with Gasteiger partial charge in [0.15, 0.2) is 0 Å². The van der Waals surface area contributed by atoms with E-state index < -0.39 is 11.6 Å². The minimum absolute atomic E-state index is 0.0958. The highest BCUT2D eigenvalue weighted by molar-refractivity contribution is 8.17. The number of aryl methyl sites for hydroxylation is 2. The zero-order valence-electron chi connectivity index (χ0n) is 12.7. The van der Waals surface area contributed by atoms with Crippen LogP contribution in [0.15, 0.2) is 12.1 Å². The molecule has 0 saturated heterocycles. The Kier molecular flexibility index (Phi) is 6.87. The van der Waals surface area contributed by atoms with Crippen molar-refractivity contribution in [2.75, 3.05) is 12.4 Å². The summed E-state index contributed by atoms with van der Waals surface area (Å²) in [5.74, 6) is 0.807. The summed E-state index contributed by atoms with van der Waals surface area (Å²) in [4.78, 5) is 21.2. The molecule has 1 atom stereocenters. The van der Waals surface area contributed by atoms with Gasteiger partial charge < -0.3 is 13.9 Å². The van der Waals surface area contributed by atoms with Crippen LogP contribution in [-0.2, 0) is 15.5 Å². The van der Waals surface area contributed by atoms with Crippen molar-refractivity contribution in [2.45, 2.75) is 34.1 Å². The Hall–Kier alpha value is -0.880. The third-order valence-corrected chi connectivity index (χ3v) is 6.89. The summed E-state index contributed by atoms with van der Waals surface area (Å²) in [5.41, 5.74) is 1.25. The summed E-state index contributed by atoms with van der Waals surface area (Å²) in [6, 6.07) is 3.23. The number of nitro groups is 1. The predicted molar refractivity (Wildman–Crippen MR) is 87.9 cm³/mol. The molecule has 0 heterocycles. The zero-order chi connectivity index (χ0) is 16.0. The van der Waals surface area contributed by atoms with Crippen LogP contribution in [0.25, 0.3) is 0 Å². The second kappa shape index (κ2) is 7.94. The van der Waals surface area contributed by atoms with Gasteiger partial charge in [0, 0.05) is 6.07 Å². The lowest BCUT2D eigenvalue weighted by Gasteiger charge is -2.21. The minimum Gasteiger partial charge on any atom is -0.420 e. The molecule has 1 aromatic carbocycles. The van der Waals surface area contributed by atoms with Gasteiger partial charge in [-0.1, -0.05) is 13.0 Å². The van der Waals surface area contributed by atoms with Crippen LogP contribution in [-0.4, -0.2) is 22.2 Å². The first-order valence-electron chi connectivity index (χ1n) is 6.73. The summed E-state index contributed by atoms with van der Waals surface area (Å²) >= 11 is 0. The molecule has 120 valence electrons. The standard InChI is InChI=1S/C13H22NO5PS/c1-5-7-21-20(17,18-6-2)19-13-11(4)8-10(3)9-12(13)14(15)16/h8-9,17,21H,5-7H2,1-4H3. The highest BCUT2D eigenvalue weighted by Crippen LogP contribution is 2.50. The maximum absolute atomic E-state index is 11.2. The molecule has 0 bridgehead atoms. The van der Waals surface area contributed by atoms with E-state index in [0.29, 0.717) is 28.9 Å². The maximum Gasteiger partial charge on any atom is 0.332 e. The molecule has 0 aliphatic heterocycles. The predicted octanol–water partition coefficient (Wildman–Crippen LogP) is 3.52. The molecule has 0 aromatic heterocycles. The van der Waals surface area contributed by atoms with Crippen LogP contribution in [0.3, 0.4) is 0 Å². The lowest BCUT2D eigenvalue weighted by atomic mass is 10.1. The van der Waals surface area contributed by atoms with Gasteiger partial charge in [0.25, 0.3) is 0 Å². The van der Waals surface area contributed by atoms with Crippen LogP contribution in [0, 0.1) is 24.0 Å². The van der Waals surface area contributed by atoms with Gasteiger partial charge in [-0.3, -0.25) is 10.1 Å². The second-order valence-electron chi connectivity index (χ2n) is 4.55. The van der Waals surface area contributed by atoms with E-state index in [2.05, 4.69) is 0 Å². The normalized spacial score (nSPS) is 13.8. The lowest BCUT2D eigenvalue weighted by Crippen LogP contribution is -2.04. The molecule has 1 unspecified atom stereocenters. The fourth-order valence-corrected chi connectivity index (χ4v) is 5.62. The molecule has 6 nitrogen and oxygen atoms in total. The average molecular weight is 335 g/mol. The first-order chi connectivity index (χ1) is 9.83. The van der Waals surface area contributed by atoms with E-state index in [4.69, 9.17) is 9.05 Å². The van der Waals surface area contributed by atoms with Crippen molar-refractivity contribution in [3.05, 3.63) is 33.4 Å². The highest BCUT2D eigenvalue weighted by atomic mass is 32.5. The summed E-state index contributed by atoms with van der Waals surface area (Å²) in [6.07, 6.45) is 0.870. The van der Waals surface area contributed by atoms with Gasteiger partial charge in [0.05, 0.1) is 11.5 Å². The molecule has 1 N–H and O–H groups in total. The number of thiol groups is 1. The molecule has 1 rings (SSSR count). The first kappa shape index (κ1) is 18.2. The minimum atomic E-state index is -3.15. The van der Waals surface area contributed by atoms with Gasteiger partial charge >= 0.3 is 12.4 Å². The van der Waals surface area contributed by atoms with Crippen LogP contribution in [0.1, 0.15) is 31.4 Å². The number of hydrogen-bond donors (Lipinski definition) is 2. The number of hydrogen-bond acceptors (Lipinski definition) is 4. The van der Waals surface area contributed by atoms with Crippen LogP contribution < -0.4 is 4.52 Å². The monoisotopic (exact) mass is 335 g/mol. The van der Waals surface area contributed by atoms with Gasteiger partial charge in [-0.2, -0.15) is 0 Å². The Morgan fingerprint density at radius 2 is 2.05 bits per heavy atom. The van der Waals surface area contributed by atoms with E-state index >= 15 is 0 Å². The van der Waals surface area contributed by atoms with Crippen LogP contribution in [0.4, 0.5) is 5.69 Å². The highest BCUT2D eigenvalue weighted by Gasteiger charge is 2.25. The van der Waals surface area contributed by atoms with Crippen molar-refractivity contribution in [3.8, 4) is 5.75 Å². The Balaban J connectivity index is 3.29. The van der Waals surface area contributed by atoms with Crippen molar-refractivity contribution in [1.82, 2.24) is 0 Å². The van der Waals surface area contributed by atoms with Crippen LogP contribution in [0.5, 0.6) is 5.75 Å². The summed E-state index contributed by atoms with van der Waals surface area (Å²) < 4.78 is 11.0. The molecule has 0 saturated carbocycles. The van der Waals surface area contributed by atoms with E-state index in [9.17, 15) is 15.0 Å². The smallest absolute Gasteiger partial charge is 0.332 e. The molecule has 8 heteroatoms. The Morgan fingerprint density at radius 1 is 1.38 bits per heavy atom. The molecule has 0 radical (unpaired) electrons. The maximum atomic E-state index is 11.2. The molecular weight excluding hydrogens is 313 g/mol. The zero-order valence-corrected chi connectivity index (χ0v) is 14.5. The van der Waals surface area contributed by atoms with Crippen molar-refractivity contribution >= 4 is 23.3 Å². The quantitative estimate of drug-likeness (QED) is 0.345. The first-order valence-corrected chi connectivity index (χ1v) is 10.1. The van der Waals surface area contributed by atoms with E-state index in [1.54, 1.807) is 26.8 Å². The van der Waals surface area contributed by atoms with Gasteiger partial charge in [0.2, 0.25) is 5.75 Å². The van der Waals surface area contributed by atoms with E-state index in [1.807, 2.05) is 6.92 Å². The van der Waals surface area contributed by atoms with E-state index in [1.165, 1.54) is 6.07 Å². The largest absolute Gasteiger partial charge is 0.420 e. The third kappa shape index (κ3) is 5.11.